The summed E-state index contributed by atoms with van der Waals surface area (Å²) < 4.78 is 33.2. The molecular formula is C22H35N3O5S. The number of piperidine rings is 1. The molecule has 1 amide bonds. The SMILES string of the molecule is CCOC(=O)c1c(C)[nH]c(C)c1S(=O)(=O)N1CCC(C(=O)NC2CCC(C)CC2)CC1. The topological polar surface area (TPSA) is 109 Å². The second-order valence-electron chi connectivity index (χ2n) is 8.94. The smallest absolute Gasteiger partial charge is 0.341 e. The van der Waals surface area contributed by atoms with Crippen molar-refractivity contribution in [3.05, 3.63) is 17.0 Å². The van der Waals surface area contributed by atoms with Gasteiger partial charge < -0.3 is 15.0 Å². The van der Waals surface area contributed by atoms with Gasteiger partial charge in [-0.3, -0.25) is 4.79 Å². The maximum Gasteiger partial charge on any atom is 0.341 e. The molecule has 0 bridgehead atoms. The Balaban J connectivity index is 1.66. The molecule has 2 fully saturated rings. The molecule has 0 unspecified atom stereocenters. The van der Waals surface area contributed by atoms with E-state index in [0.29, 0.717) is 24.2 Å². The van der Waals surface area contributed by atoms with Crippen molar-refractivity contribution < 1.29 is 22.7 Å². The van der Waals surface area contributed by atoms with Gasteiger partial charge in [-0.25, -0.2) is 13.2 Å². The van der Waals surface area contributed by atoms with Gasteiger partial charge in [-0.15, -0.1) is 0 Å². The molecule has 2 heterocycles. The lowest BCUT2D eigenvalue weighted by atomic mass is 9.87. The number of amides is 1. The molecule has 0 aromatic carbocycles. The van der Waals surface area contributed by atoms with Gasteiger partial charge in [0.1, 0.15) is 10.5 Å². The van der Waals surface area contributed by atoms with Gasteiger partial charge in [0.15, 0.2) is 0 Å². The molecule has 0 atom stereocenters. The maximum absolute atomic E-state index is 13.4. The Morgan fingerprint density at radius 2 is 1.68 bits per heavy atom. The number of esters is 1. The van der Waals surface area contributed by atoms with E-state index in [1.807, 2.05) is 0 Å². The highest BCUT2D eigenvalue weighted by Crippen LogP contribution is 2.31. The summed E-state index contributed by atoms with van der Waals surface area (Å²) in [7, 11) is -3.88. The Morgan fingerprint density at radius 3 is 2.26 bits per heavy atom. The van der Waals surface area contributed by atoms with Crippen LogP contribution in [0.25, 0.3) is 0 Å². The van der Waals surface area contributed by atoms with Crippen LogP contribution in [0.4, 0.5) is 0 Å². The summed E-state index contributed by atoms with van der Waals surface area (Å²) >= 11 is 0. The van der Waals surface area contributed by atoms with Crippen molar-refractivity contribution in [3.63, 3.8) is 0 Å². The van der Waals surface area contributed by atoms with Crippen LogP contribution >= 0.6 is 0 Å². The van der Waals surface area contributed by atoms with E-state index in [1.54, 1.807) is 20.8 Å². The van der Waals surface area contributed by atoms with E-state index in [0.717, 1.165) is 31.6 Å². The first kappa shape index (κ1) is 23.8. The molecule has 2 N–H and O–H groups in total. The summed E-state index contributed by atoms with van der Waals surface area (Å²) in [6.45, 7) is 7.93. The summed E-state index contributed by atoms with van der Waals surface area (Å²) in [5.74, 6) is -0.0533. The van der Waals surface area contributed by atoms with Gasteiger partial charge >= 0.3 is 5.97 Å². The third-order valence-electron chi connectivity index (χ3n) is 6.58. The van der Waals surface area contributed by atoms with E-state index in [1.165, 1.54) is 4.31 Å². The van der Waals surface area contributed by atoms with Crippen LogP contribution in [0.5, 0.6) is 0 Å². The number of H-pyrrole nitrogens is 1. The van der Waals surface area contributed by atoms with E-state index in [4.69, 9.17) is 4.74 Å². The van der Waals surface area contributed by atoms with Crippen LogP contribution in [-0.4, -0.2) is 55.3 Å². The standard InChI is InChI=1S/C22H35N3O5S/c1-5-30-22(27)19-15(3)23-16(4)20(19)31(28,29)25-12-10-17(11-13-25)21(26)24-18-8-6-14(2)7-9-18/h14,17-18,23H,5-13H2,1-4H3,(H,24,26). The van der Waals surface area contributed by atoms with Crippen molar-refractivity contribution in [1.82, 2.24) is 14.6 Å². The fraction of sp³-hybridized carbons (Fsp3) is 0.727. The van der Waals surface area contributed by atoms with Gasteiger partial charge in [0.2, 0.25) is 15.9 Å². The molecule has 1 saturated heterocycles. The van der Waals surface area contributed by atoms with Crippen LogP contribution in [0, 0.1) is 25.7 Å². The fourth-order valence-corrected chi connectivity index (χ4v) is 6.62. The van der Waals surface area contributed by atoms with Gasteiger partial charge in [-0.1, -0.05) is 6.92 Å². The minimum atomic E-state index is -3.88. The van der Waals surface area contributed by atoms with Crippen LogP contribution in [-0.2, 0) is 19.6 Å². The molecule has 9 heteroatoms. The Labute approximate surface area is 185 Å². The highest BCUT2D eigenvalue weighted by molar-refractivity contribution is 7.89. The van der Waals surface area contributed by atoms with Crippen LogP contribution in [0.1, 0.15) is 74.1 Å². The van der Waals surface area contributed by atoms with Crippen LogP contribution in [0.15, 0.2) is 4.90 Å². The maximum atomic E-state index is 13.4. The molecule has 8 nitrogen and oxygen atoms in total. The number of aromatic amines is 1. The molecular weight excluding hydrogens is 418 g/mol. The van der Waals surface area contributed by atoms with E-state index in [9.17, 15) is 18.0 Å². The molecule has 1 saturated carbocycles. The number of rotatable bonds is 6. The zero-order chi connectivity index (χ0) is 22.8. The van der Waals surface area contributed by atoms with Gasteiger partial charge in [-0.05, 0) is 65.2 Å². The molecule has 31 heavy (non-hydrogen) atoms. The number of nitrogens with one attached hydrogen (secondary N) is 2. The van der Waals surface area contributed by atoms with Gasteiger partial charge in [0.25, 0.3) is 0 Å². The number of ether oxygens (including phenoxy) is 1. The average Bonchev–Trinajstić information content (AvgIpc) is 3.04. The molecule has 174 valence electrons. The quantitative estimate of drug-likeness (QED) is 0.644. The first-order valence-corrected chi connectivity index (χ1v) is 12.8. The van der Waals surface area contributed by atoms with Crippen molar-refractivity contribution in [3.8, 4) is 0 Å². The Kier molecular flexibility index (Phi) is 7.47. The zero-order valence-electron chi connectivity index (χ0n) is 19.0. The number of carbonyl (C=O) groups excluding carboxylic acids is 2. The summed E-state index contributed by atoms with van der Waals surface area (Å²) in [5, 5.41) is 3.17. The second kappa shape index (κ2) is 9.73. The first-order chi connectivity index (χ1) is 14.6. The van der Waals surface area contributed by atoms with Crippen molar-refractivity contribution in [1.29, 1.82) is 0 Å². The number of hydrogen-bond acceptors (Lipinski definition) is 5. The summed E-state index contributed by atoms with van der Waals surface area (Å²) in [5.41, 5.74) is 0.975. The highest BCUT2D eigenvalue weighted by Gasteiger charge is 2.37. The third kappa shape index (κ3) is 5.14. The van der Waals surface area contributed by atoms with E-state index < -0.39 is 16.0 Å². The number of sulfonamides is 1. The molecule has 1 aromatic rings. The summed E-state index contributed by atoms with van der Waals surface area (Å²) in [6.07, 6.45) is 5.27. The van der Waals surface area contributed by atoms with Crippen molar-refractivity contribution in [2.24, 2.45) is 11.8 Å². The van der Waals surface area contributed by atoms with Crippen LogP contribution in [0.2, 0.25) is 0 Å². The Morgan fingerprint density at radius 1 is 1.06 bits per heavy atom. The lowest BCUT2D eigenvalue weighted by Gasteiger charge is -2.33. The number of carbonyl (C=O) groups is 2. The third-order valence-corrected chi connectivity index (χ3v) is 8.65. The van der Waals surface area contributed by atoms with Gasteiger partial charge in [0.05, 0.1) is 6.61 Å². The summed E-state index contributed by atoms with van der Waals surface area (Å²) in [6, 6.07) is 0.239. The Bertz CT molecular complexity index is 908. The zero-order valence-corrected chi connectivity index (χ0v) is 19.8. The number of aryl methyl sites for hydroxylation is 2. The summed E-state index contributed by atoms with van der Waals surface area (Å²) in [4.78, 5) is 28.1. The van der Waals surface area contributed by atoms with Gasteiger partial charge in [0, 0.05) is 36.4 Å². The molecule has 1 aromatic heterocycles. The minimum absolute atomic E-state index is 0.0114. The van der Waals surface area contributed by atoms with Gasteiger partial charge in [-0.2, -0.15) is 4.31 Å². The molecule has 1 aliphatic carbocycles. The van der Waals surface area contributed by atoms with Crippen LogP contribution < -0.4 is 5.32 Å². The van der Waals surface area contributed by atoms with Crippen molar-refractivity contribution in [2.45, 2.75) is 77.2 Å². The molecule has 0 radical (unpaired) electrons. The number of aromatic nitrogens is 1. The number of nitrogens with zero attached hydrogens (tertiary/aromatic N) is 1. The van der Waals surface area contributed by atoms with Crippen molar-refractivity contribution in [2.75, 3.05) is 19.7 Å². The van der Waals surface area contributed by atoms with E-state index in [2.05, 4.69) is 17.2 Å². The monoisotopic (exact) mass is 453 g/mol. The average molecular weight is 454 g/mol. The lowest BCUT2D eigenvalue weighted by molar-refractivity contribution is -0.127. The predicted octanol–water partition coefficient (Wildman–Crippen LogP) is 2.90. The first-order valence-electron chi connectivity index (χ1n) is 11.3. The second-order valence-corrected chi connectivity index (χ2v) is 10.8. The minimum Gasteiger partial charge on any atom is -0.462 e. The highest BCUT2D eigenvalue weighted by atomic mass is 32.2. The fourth-order valence-electron chi connectivity index (χ4n) is 4.74. The number of hydrogen-bond donors (Lipinski definition) is 2. The van der Waals surface area contributed by atoms with Crippen LogP contribution in [0.3, 0.4) is 0 Å². The van der Waals surface area contributed by atoms with E-state index in [-0.39, 0.29) is 48.0 Å². The van der Waals surface area contributed by atoms with E-state index >= 15 is 0 Å². The van der Waals surface area contributed by atoms with Crippen molar-refractivity contribution >= 4 is 21.9 Å². The largest absolute Gasteiger partial charge is 0.462 e. The Hall–Kier alpha value is -1.87. The molecule has 2 aliphatic rings. The molecule has 0 spiro atoms. The predicted molar refractivity (Wildman–Crippen MR) is 117 cm³/mol. The molecule has 1 aliphatic heterocycles. The lowest BCUT2D eigenvalue weighted by Crippen LogP contribution is -2.46. The normalized spacial score (nSPS) is 23.5. The molecule has 3 rings (SSSR count).